The molecule has 0 amide bonds. The maximum absolute atomic E-state index is 9.34. The molecule has 1 fully saturated rings. The summed E-state index contributed by atoms with van der Waals surface area (Å²) in [6.07, 6.45) is 2.08. The van der Waals surface area contributed by atoms with Crippen molar-refractivity contribution in [3.63, 3.8) is 0 Å². The van der Waals surface area contributed by atoms with Gasteiger partial charge >= 0.3 is 0 Å². The van der Waals surface area contributed by atoms with Crippen LogP contribution < -0.4 is 10.2 Å². The number of aliphatic hydroxyl groups is 1. The highest BCUT2D eigenvalue weighted by Crippen LogP contribution is 2.22. The second kappa shape index (κ2) is 5.57. The minimum absolute atomic E-state index is 0.203. The number of nitrogens with zero attached hydrogens (tertiary/aromatic N) is 1. The predicted octanol–water partition coefficient (Wildman–Crippen LogP) is 1.18. The van der Waals surface area contributed by atoms with Crippen LogP contribution in [-0.2, 0) is 0 Å². The van der Waals surface area contributed by atoms with Crippen LogP contribution in [0.4, 0.5) is 5.69 Å². The third-order valence-corrected chi connectivity index (χ3v) is 3.71. The van der Waals surface area contributed by atoms with E-state index in [-0.39, 0.29) is 12.6 Å². The lowest BCUT2D eigenvalue weighted by atomic mass is 10.1. The standard InChI is InChI=1S/C12H18N2OS/c1-16-12-4-2-10(3-5-12)14-7-6-13-8-11(14)9-15/h2-5,11,13,15H,6-9H2,1H3/t11-/m0/s1. The number of nitrogens with one attached hydrogen (secondary N) is 1. The van der Waals surface area contributed by atoms with Gasteiger partial charge in [0.15, 0.2) is 0 Å². The molecule has 0 aliphatic carbocycles. The zero-order chi connectivity index (χ0) is 11.4. The van der Waals surface area contributed by atoms with Crippen molar-refractivity contribution >= 4 is 17.4 Å². The Bertz CT molecular complexity index is 328. The molecule has 4 heteroatoms. The van der Waals surface area contributed by atoms with Crippen molar-refractivity contribution in [2.24, 2.45) is 0 Å². The van der Waals surface area contributed by atoms with Gasteiger partial charge in [-0.25, -0.2) is 0 Å². The van der Waals surface area contributed by atoms with Crippen molar-refractivity contribution in [1.82, 2.24) is 5.32 Å². The fraction of sp³-hybridized carbons (Fsp3) is 0.500. The Kier molecular flexibility index (Phi) is 4.09. The Morgan fingerprint density at radius 2 is 2.19 bits per heavy atom. The lowest BCUT2D eigenvalue weighted by Crippen LogP contribution is -2.53. The summed E-state index contributed by atoms with van der Waals surface area (Å²) in [4.78, 5) is 3.56. The summed E-state index contributed by atoms with van der Waals surface area (Å²) in [6.45, 7) is 3.02. The van der Waals surface area contributed by atoms with Crippen LogP contribution in [0.2, 0.25) is 0 Å². The highest BCUT2D eigenvalue weighted by molar-refractivity contribution is 7.98. The van der Waals surface area contributed by atoms with E-state index in [0.717, 1.165) is 19.6 Å². The van der Waals surface area contributed by atoms with E-state index in [1.807, 2.05) is 0 Å². The van der Waals surface area contributed by atoms with E-state index in [1.54, 1.807) is 11.8 Å². The molecular formula is C12H18N2OS. The third-order valence-electron chi connectivity index (χ3n) is 2.97. The molecule has 1 heterocycles. The smallest absolute Gasteiger partial charge is 0.0647 e. The van der Waals surface area contributed by atoms with Crippen LogP contribution in [0.25, 0.3) is 0 Å². The van der Waals surface area contributed by atoms with Crippen LogP contribution in [0.15, 0.2) is 29.2 Å². The molecule has 0 bridgehead atoms. The molecule has 1 atom stereocenters. The Labute approximate surface area is 101 Å². The maximum Gasteiger partial charge on any atom is 0.0647 e. The fourth-order valence-electron chi connectivity index (χ4n) is 2.04. The van der Waals surface area contributed by atoms with Crippen LogP contribution in [0.3, 0.4) is 0 Å². The fourth-order valence-corrected chi connectivity index (χ4v) is 2.45. The predicted molar refractivity (Wildman–Crippen MR) is 69.3 cm³/mol. The Balaban J connectivity index is 2.14. The highest BCUT2D eigenvalue weighted by Gasteiger charge is 2.21. The molecule has 0 unspecified atom stereocenters. The lowest BCUT2D eigenvalue weighted by Gasteiger charge is -2.37. The van der Waals surface area contributed by atoms with Crippen LogP contribution in [0, 0.1) is 0 Å². The van der Waals surface area contributed by atoms with E-state index >= 15 is 0 Å². The second-order valence-electron chi connectivity index (χ2n) is 3.93. The average molecular weight is 238 g/mol. The van der Waals surface area contributed by atoms with Gasteiger partial charge in [-0.1, -0.05) is 0 Å². The van der Waals surface area contributed by atoms with Gasteiger partial charge in [-0.15, -0.1) is 11.8 Å². The molecule has 1 saturated heterocycles. The number of hydrogen-bond acceptors (Lipinski definition) is 4. The topological polar surface area (TPSA) is 35.5 Å². The SMILES string of the molecule is CSc1ccc(N2CCNC[C@H]2CO)cc1. The molecule has 1 aliphatic rings. The molecule has 0 saturated carbocycles. The van der Waals surface area contributed by atoms with Crippen LogP contribution in [-0.4, -0.2) is 43.6 Å². The minimum Gasteiger partial charge on any atom is -0.394 e. The summed E-state index contributed by atoms with van der Waals surface area (Å²) in [7, 11) is 0. The second-order valence-corrected chi connectivity index (χ2v) is 4.81. The first-order valence-corrected chi connectivity index (χ1v) is 6.80. The number of hydrogen-bond donors (Lipinski definition) is 2. The van der Waals surface area contributed by atoms with Gasteiger partial charge in [-0.2, -0.15) is 0 Å². The lowest BCUT2D eigenvalue weighted by molar-refractivity contribution is 0.246. The summed E-state index contributed by atoms with van der Waals surface area (Å²) >= 11 is 1.75. The zero-order valence-electron chi connectivity index (χ0n) is 9.52. The molecule has 1 aromatic rings. The number of benzene rings is 1. The van der Waals surface area contributed by atoms with Crippen molar-refractivity contribution < 1.29 is 5.11 Å². The summed E-state index contributed by atoms with van der Waals surface area (Å²) in [5.74, 6) is 0. The van der Waals surface area contributed by atoms with E-state index < -0.39 is 0 Å². The number of anilines is 1. The van der Waals surface area contributed by atoms with E-state index in [0.29, 0.717) is 0 Å². The Morgan fingerprint density at radius 1 is 1.44 bits per heavy atom. The van der Waals surface area contributed by atoms with E-state index in [1.165, 1.54) is 10.6 Å². The summed E-state index contributed by atoms with van der Waals surface area (Å²) in [5.41, 5.74) is 1.21. The van der Waals surface area contributed by atoms with Crippen molar-refractivity contribution in [3.8, 4) is 0 Å². The van der Waals surface area contributed by atoms with E-state index in [4.69, 9.17) is 0 Å². The summed E-state index contributed by atoms with van der Waals surface area (Å²) in [5, 5.41) is 12.6. The van der Waals surface area contributed by atoms with Gasteiger partial charge in [0.1, 0.15) is 0 Å². The van der Waals surface area contributed by atoms with E-state index in [2.05, 4.69) is 40.7 Å². The van der Waals surface area contributed by atoms with Crippen molar-refractivity contribution in [3.05, 3.63) is 24.3 Å². The van der Waals surface area contributed by atoms with Gasteiger partial charge in [-0.05, 0) is 30.5 Å². The minimum atomic E-state index is 0.203. The number of piperazine rings is 1. The van der Waals surface area contributed by atoms with Crippen LogP contribution in [0.5, 0.6) is 0 Å². The van der Waals surface area contributed by atoms with Crippen LogP contribution in [0.1, 0.15) is 0 Å². The molecule has 1 aromatic carbocycles. The van der Waals surface area contributed by atoms with Crippen molar-refractivity contribution in [2.45, 2.75) is 10.9 Å². The molecule has 1 aliphatic heterocycles. The third kappa shape index (κ3) is 2.51. The van der Waals surface area contributed by atoms with Crippen LogP contribution >= 0.6 is 11.8 Å². The van der Waals surface area contributed by atoms with Gasteiger partial charge in [-0.3, -0.25) is 0 Å². The van der Waals surface area contributed by atoms with E-state index in [9.17, 15) is 5.11 Å². The molecule has 88 valence electrons. The number of rotatable bonds is 3. The van der Waals surface area contributed by atoms with Gasteiger partial charge in [0.2, 0.25) is 0 Å². The molecule has 2 N–H and O–H groups in total. The summed E-state index contributed by atoms with van der Waals surface area (Å²) in [6, 6.07) is 8.75. The monoisotopic (exact) mass is 238 g/mol. The highest BCUT2D eigenvalue weighted by atomic mass is 32.2. The molecular weight excluding hydrogens is 220 g/mol. The number of aliphatic hydroxyl groups excluding tert-OH is 1. The molecule has 0 aromatic heterocycles. The first-order valence-electron chi connectivity index (χ1n) is 5.57. The van der Waals surface area contributed by atoms with Gasteiger partial charge < -0.3 is 15.3 Å². The molecule has 3 nitrogen and oxygen atoms in total. The van der Waals surface area contributed by atoms with Gasteiger partial charge in [0.05, 0.1) is 12.6 Å². The largest absolute Gasteiger partial charge is 0.394 e. The van der Waals surface area contributed by atoms with Crippen molar-refractivity contribution in [1.29, 1.82) is 0 Å². The van der Waals surface area contributed by atoms with Gasteiger partial charge in [0, 0.05) is 30.2 Å². The Hall–Kier alpha value is -0.710. The first kappa shape index (κ1) is 11.8. The first-order chi connectivity index (χ1) is 7.85. The molecule has 16 heavy (non-hydrogen) atoms. The number of thioether (sulfide) groups is 1. The average Bonchev–Trinajstić information content (AvgIpc) is 2.39. The van der Waals surface area contributed by atoms with Gasteiger partial charge in [0.25, 0.3) is 0 Å². The zero-order valence-corrected chi connectivity index (χ0v) is 10.3. The molecule has 0 spiro atoms. The molecule has 0 radical (unpaired) electrons. The summed E-state index contributed by atoms with van der Waals surface area (Å²) < 4.78 is 0. The normalized spacial score (nSPS) is 21.1. The quantitative estimate of drug-likeness (QED) is 0.775. The maximum atomic E-state index is 9.34. The van der Waals surface area contributed by atoms with Crippen molar-refractivity contribution in [2.75, 3.05) is 37.4 Å². The Morgan fingerprint density at radius 3 is 2.81 bits per heavy atom. The molecule has 2 rings (SSSR count).